The summed E-state index contributed by atoms with van der Waals surface area (Å²) in [4.78, 5) is 31.6. The lowest BCUT2D eigenvalue weighted by Gasteiger charge is -2.15. The van der Waals surface area contributed by atoms with Crippen LogP contribution in [0.3, 0.4) is 0 Å². The number of hydrazone groups is 1. The second-order valence-corrected chi connectivity index (χ2v) is 7.62. The lowest BCUT2D eigenvalue weighted by atomic mass is 10.0. The molecule has 2 aromatic heterocycles. The van der Waals surface area contributed by atoms with Crippen LogP contribution in [0.4, 0.5) is 5.95 Å². The molecule has 0 saturated carbocycles. The third-order valence-corrected chi connectivity index (χ3v) is 5.45. The second-order valence-electron chi connectivity index (χ2n) is 7.62. The molecule has 1 saturated heterocycles. The van der Waals surface area contributed by atoms with Gasteiger partial charge in [0, 0.05) is 18.4 Å². The number of aliphatic imine (C=N–C) groups is 1. The largest absolute Gasteiger partial charge is 0.368 e. The van der Waals surface area contributed by atoms with Gasteiger partial charge in [-0.15, -0.1) is 0 Å². The first-order valence-electron chi connectivity index (χ1n) is 10.6. The number of benzene rings is 1. The molecule has 1 aromatic carbocycles. The monoisotopic (exact) mass is 430 g/mol. The highest BCUT2D eigenvalue weighted by Crippen LogP contribution is 2.21. The van der Waals surface area contributed by atoms with Crippen molar-refractivity contribution in [3.63, 3.8) is 0 Å². The van der Waals surface area contributed by atoms with Crippen LogP contribution in [0.1, 0.15) is 42.4 Å². The summed E-state index contributed by atoms with van der Waals surface area (Å²) in [5, 5.41) is 4.71. The molecule has 3 heterocycles. The number of para-hydroxylation sites is 1. The summed E-state index contributed by atoms with van der Waals surface area (Å²) >= 11 is 0. The normalized spacial score (nSPS) is 14.7. The molecule has 4 rings (SSSR count). The number of nitrogen functional groups attached to an aromatic ring is 1. The van der Waals surface area contributed by atoms with Gasteiger partial charge in [0.05, 0.1) is 36.2 Å². The van der Waals surface area contributed by atoms with Crippen molar-refractivity contribution in [1.29, 1.82) is 0 Å². The fourth-order valence-corrected chi connectivity index (χ4v) is 3.86. The zero-order chi connectivity index (χ0) is 22.5. The summed E-state index contributed by atoms with van der Waals surface area (Å²) in [5.74, 6) is 6.01. The van der Waals surface area contributed by atoms with Gasteiger partial charge in [-0.25, -0.2) is 9.97 Å². The molecule has 3 aromatic rings. The van der Waals surface area contributed by atoms with E-state index in [1.165, 1.54) is 0 Å². The SMILES string of the molecule is CCc1cccc2c(C(C=NCc3cccc(CN4CCCC4=O)n3)=NN)nc(N)nc12. The minimum absolute atomic E-state index is 0.161. The lowest BCUT2D eigenvalue weighted by molar-refractivity contribution is -0.128. The quantitative estimate of drug-likeness (QED) is 0.335. The summed E-state index contributed by atoms with van der Waals surface area (Å²) in [7, 11) is 0. The van der Waals surface area contributed by atoms with Crippen LogP contribution in [-0.4, -0.2) is 44.2 Å². The number of aromatic nitrogens is 3. The van der Waals surface area contributed by atoms with E-state index in [0.717, 1.165) is 47.2 Å². The smallest absolute Gasteiger partial charge is 0.222 e. The highest BCUT2D eigenvalue weighted by Gasteiger charge is 2.20. The van der Waals surface area contributed by atoms with Crippen LogP contribution in [0, 0.1) is 0 Å². The Morgan fingerprint density at radius 3 is 2.72 bits per heavy atom. The molecule has 164 valence electrons. The maximum absolute atomic E-state index is 11.9. The van der Waals surface area contributed by atoms with E-state index in [0.29, 0.717) is 30.9 Å². The molecule has 9 heteroatoms. The summed E-state index contributed by atoms with van der Waals surface area (Å²) < 4.78 is 0. The number of amides is 1. The third kappa shape index (κ3) is 4.56. The number of rotatable bonds is 7. The van der Waals surface area contributed by atoms with E-state index in [4.69, 9.17) is 11.6 Å². The zero-order valence-electron chi connectivity index (χ0n) is 18.0. The Labute approximate surface area is 186 Å². The van der Waals surface area contributed by atoms with Crippen LogP contribution in [0.25, 0.3) is 10.9 Å². The molecule has 1 fully saturated rings. The van der Waals surface area contributed by atoms with Gasteiger partial charge in [0.2, 0.25) is 11.9 Å². The minimum atomic E-state index is 0.161. The van der Waals surface area contributed by atoms with Crippen molar-refractivity contribution < 1.29 is 4.79 Å². The topological polar surface area (TPSA) is 136 Å². The van der Waals surface area contributed by atoms with E-state index in [1.54, 1.807) is 6.21 Å². The summed E-state index contributed by atoms with van der Waals surface area (Å²) in [6.45, 7) is 3.72. The lowest BCUT2D eigenvalue weighted by Crippen LogP contribution is -2.24. The van der Waals surface area contributed by atoms with Gasteiger partial charge in [-0.1, -0.05) is 31.2 Å². The van der Waals surface area contributed by atoms with Crippen molar-refractivity contribution in [2.45, 2.75) is 39.3 Å². The number of carbonyl (C=O) groups excluding carboxylic acids is 1. The molecule has 0 aliphatic carbocycles. The Bertz CT molecular complexity index is 1200. The van der Waals surface area contributed by atoms with E-state index < -0.39 is 0 Å². The Balaban J connectivity index is 1.54. The fraction of sp³-hybridized carbons (Fsp3) is 0.304. The molecule has 1 aliphatic rings. The van der Waals surface area contributed by atoms with Crippen LogP contribution < -0.4 is 11.6 Å². The molecule has 0 radical (unpaired) electrons. The minimum Gasteiger partial charge on any atom is -0.368 e. The molecule has 4 N–H and O–H groups in total. The Morgan fingerprint density at radius 1 is 1.16 bits per heavy atom. The van der Waals surface area contributed by atoms with Crippen molar-refractivity contribution in [2.24, 2.45) is 15.9 Å². The van der Waals surface area contributed by atoms with Gasteiger partial charge in [0.15, 0.2) is 0 Å². The first-order chi connectivity index (χ1) is 15.6. The summed E-state index contributed by atoms with van der Waals surface area (Å²) in [6, 6.07) is 11.6. The Hall–Kier alpha value is -3.88. The van der Waals surface area contributed by atoms with Crippen molar-refractivity contribution in [3.8, 4) is 0 Å². The maximum atomic E-state index is 11.9. The zero-order valence-corrected chi connectivity index (χ0v) is 18.0. The predicted octanol–water partition coefficient (Wildman–Crippen LogP) is 2.23. The molecule has 0 atom stereocenters. The van der Waals surface area contributed by atoms with Crippen LogP contribution in [0.2, 0.25) is 0 Å². The second kappa shape index (κ2) is 9.51. The number of hydrogen-bond acceptors (Lipinski definition) is 8. The highest BCUT2D eigenvalue weighted by atomic mass is 16.2. The van der Waals surface area contributed by atoms with Crippen LogP contribution in [-0.2, 0) is 24.3 Å². The highest BCUT2D eigenvalue weighted by molar-refractivity contribution is 6.40. The molecule has 0 bridgehead atoms. The molecule has 1 aliphatic heterocycles. The number of likely N-dealkylation sites (tertiary alicyclic amines) is 1. The third-order valence-electron chi connectivity index (χ3n) is 5.45. The van der Waals surface area contributed by atoms with E-state index in [9.17, 15) is 4.79 Å². The molecule has 1 amide bonds. The summed E-state index contributed by atoms with van der Waals surface area (Å²) in [5.41, 5.74) is 10.4. The number of anilines is 1. The van der Waals surface area contributed by atoms with Crippen molar-refractivity contribution >= 4 is 34.7 Å². The van der Waals surface area contributed by atoms with E-state index >= 15 is 0 Å². The van der Waals surface area contributed by atoms with Gasteiger partial charge in [-0.05, 0) is 30.5 Å². The van der Waals surface area contributed by atoms with Crippen LogP contribution >= 0.6 is 0 Å². The number of hydrogen-bond donors (Lipinski definition) is 2. The molecular weight excluding hydrogens is 404 g/mol. The molecule has 0 spiro atoms. The number of fused-ring (bicyclic) bond motifs is 1. The van der Waals surface area contributed by atoms with Crippen LogP contribution in [0.5, 0.6) is 0 Å². The predicted molar refractivity (Wildman–Crippen MR) is 125 cm³/mol. The van der Waals surface area contributed by atoms with E-state index in [-0.39, 0.29) is 11.9 Å². The number of pyridine rings is 1. The first-order valence-corrected chi connectivity index (χ1v) is 10.6. The summed E-state index contributed by atoms with van der Waals surface area (Å²) in [6.07, 6.45) is 3.93. The van der Waals surface area contributed by atoms with E-state index in [2.05, 4.69) is 32.0 Å². The van der Waals surface area contributed by atoms with Crippen molar-refractivity contribution in [3.05, 3.63) is 59.0 Å². The van der Waals surface area contributed by atoms with Gasteiger partial charge in [0.1, 0.15) is 11.4 Å². The first kappa shape index (κ1) is 21.4. The fourth-order valence-electron chi connectivity index (χ4n) is 3.86. The van der Waals surface area contributed by atoms with Crippen LogP contribution in [0.15, 0.2) is 46.5 Å². The molecule has 9 nitrogen and oxygen atoms in total. The van der Waals surface area contributed by atoms with Gasteiger partial charge in [0.25, 0.3) is 0 Å². The standard InChI is InChI=1S/C23H26N8O/c1-2-15-6-3-9-18-21(15)28-23(24)29-22(18)19(30-25)13-26-12-16-7-4-8-17(27-16)14-31-11-5-10-20(31)32/h3-4,6-9,13H,2,5,10-12,14,25H2,1H3,(H2,24,28,29). The van der Waals surface area contributed by atoms with Gasteiger partial charge in [-0.3, -0.25) is 14.8 Å². The van der Waals surface area contributed by atoms with Gasteiger partial charge in [-0.2, -0.15) is 5.10 Å². The maximum Gasteiger partial charge on any atom is 0.222 e. The van der Waals surface area contributed by atoms with E-state index in [1.807, 2.05) is 41.3 Å². The number of nitrogens with two attached hydrogens (primary N) is 2. The Kier molecular flexibility index (Phi) is 6.34. The van der Waals surface area contributed by atoms with Gasteiger partial charge < -0.3 is 16.5 Å². The molecular formula is C23H26N8O. The van der Waals surface area contributed by atoms with Crippen molar-refractivity contribution in [2.75, 3.05) is 12.3 Å². The van der Waals surface area contributed by atoms with Crippen molar-refractivity contribution in [1.82, 2.24) is 19.9 Å². The molecule has 0 unspecified atom stereocenters. The Morgan fingerprint density at radius 2 is 1.97 bits per heavy atom. The average Bonchev–Trinajstić information content (AvgIpc) is 3.20. The van der Waals surface area contributed by atoms with Gasteiger partial charge >= 0.3 is 0 Å². The number of aryl methyl sites for hydroxylation is 1. The average molecular weight is 431 g/mol. The molecule has 32 heavy (non-hydrogen) atoms. The number of carbonyl (C=O) groups is 1. The number of nitrogens with zero attached hydrogens (tertiary/aromatic N) is 6.